The highest BCUT2D eigenvalue weighted by Gasteiger charge is 2.40. The molecule has 2 N–H and O–H groups in total. The molecule has 0 bridgehead atoms. The van der Waals surface area contributed by atoms with E-state index in [4.69, 9.17) is 4.74 Å². The van der Waals surface area contributed by atoms with Crippen LogP contribution in [0, 0.1) is 12.7 Å². The maximum Gasteiger partial charge on any atom is 0.342 e. The molecule has 2 aliphatic rings. The number of hydrogen-bond acceptors (Lipinski definition) is 6. The van der Waals surface area contributed by atoms with Gasteiger partial charge in [-0.1, -0.05) is 0 Å². The number of amides is 2. The van der Waals surface area contributed by atoms with Crippen LogP contribution in [0.2, 0.25) is 0 Å². The van der Waals surface area contributed by atoms with Crippen LogP contribution in [-0.2, 0) is 20.7 Å². The molecule has 2 aromatic heterocycles. The fourth-order valence-electron chi connectivity index (χ4n) is 5.02. The summed E-state index contributed by atoms with van der Waals surface area (Å²) in [6.45, 7) is 5.49. The molecule has 4 heterocycles. The van der Waals surface area contributed by atoms with Crippen molar-refractivity contribution in [1.29, 1.82) is 0 Å². The number of carbonyl (C=O) groups excluding carboxylic acids is 3. The Balaban J connectivity index is 1.69. The topological polar surface area (TPSA) is 116 Å². The first-order valence-corrected chi connectivity index (χ1v) is 12.6. The summed E-state index contributed by atoms with van der Waals surface area (Å²) >= 11 is 0. The predicted octanol–water partition coefficient (Wildman–Crippen LogP) is 2.96. The molecule has 0 radical (unpaired) electrons. The minimum Gasteiger partial charge on any atom is -0.459 e. The fourth-order valence-corrected chi connectivity index (χ4v) is 5.02. The Labute approximate surface area is 218 Å². The number of β-amino-alcohol motifs (C(OH)–C–C–N with tert-alkyl or cyclic N) is 1. The van der Waals surface area contributed by atoms with Crippen molar-refractivity contribution in [1.82, 2.24) is 19.8 Å². The van der Waals surface area contributed by atoms with Crippen LogP contribution < -0.4 is 0 Å². The number of aromatic amines is 1. The number of pyridine rings is 1. The highest BCUT2D eigenvalue weighted by molar-refractivity contribution is 6.18. The number of carbonyl (C=O) groups is 3. The summed E-state index contributed by atoms with van der Waals surface area (Å²) in [4.78, 5) is 51.4. The lowest BCUT2D eigenvalue weighted by Crippen LogP contribution is -2.49. The lowest BCUT2D eigenvalue weighted by atomic mass is 10.00. The highest BCUT2D eigenvalue weighted by Crippen LogP contribution is 2.34. The minimum absolute atomic E-state index is 0.0793. The second kappa shape index (κ2) is 10.0. The largest absolute Gasteiger partial charge is 0.459 e. The Bertz CT molecular complexity index is 1460. The van der Waals surface area contributed by atoms with E-state index in [2.05, 4.69) is 9.97 Å². The third kappa shape index (κ3) is 4.67. The van der Waals surface area contributed by atoms with Gasteiger partial charge in [-0.2, -0.15) is 0 Å². The van der Waals surface area contributed by atoms with E-state index in [-0.39, 0.29) is 35.6 Å². The van der Waals surface area contributed by atoms with E-state index >= 15 is 0 Å². The van der Waals surface area contributed by atoms with E-state index in [1.807, 2.05) is 6.07 Å². The SMILES string of the molecule is Cc1cc(C(=O)N2C=C(C(=O)OC(C)C)c3[nH]c4ncccc4c3CC2C(=O)N2CCC(O)C2)ccc1F. The molecule has 1 aromatic carbocycles. The maximum absolute atomic E-state index is 14.0. The van der Waals surface area contributed by atoms with Gasteiger partial charge in [-0.25, -0.2) is 14.2 Å². The van der Waals surface area contributed by atoms with E-state index < -0.39 is 35.9 Å². The van der Waals surface area contributed by atoms with E-state index in [1.54, 1.807) is 33.0 Å². The number of aromatic nitrogens is 2. The molecule has 3 aromatic rings. The van der Waals surface area contributed by atoms with Gasteiger partial charge < -0.3 is 24.6 Å². The number of likely N-dealkylation sites (tertiary alicyclic amines) is 1. The number of rotatable bonds is 4. The van der Waals surface area contributed by atoms with Crippen LogP contribution in [-0.4, -0.2) is 74.0 Å². The van der Waals surface area contributed by atoms with Crippen LogP contribution in [0.5, 0.6) is 0 Å². The molecule has 1 saturated heterocycles. The number of aliphatic hydroxyl groups excluding tert-OH is 1. The normalized spacial score (nSPS) is 19.4. The summed E-state index contributed by atoms with van der Waals surface area (Å²) in [6, 6.07) is 6.55. The van der Waals surface area contributed by atoms with Crippen molar-refractivity contribution in [3.63, 3.8) is 0 Å². The first kappa shape index (κ1) is 25.6. The molecular formula is C28H29FN4O5. The van der Waals surface area contributed by atoms with E-state index in [0.717, 1.165) is 5.39 Å². The van der Waals surface area contributed by atoms with Gasteiger partial charge in [-0.15, -0.1) is 0 Å². The molecule has 2 atom stereocenters. The monoisotopic (exact) mass is 520 g/mol. The van der Waals surface area contributed by atoms with Crippen LogP contribution in [0.3, 0.4) is 0 Å². The lowest BCUT2D eigenvalue weighted by Gasteiger charge is -2.30. The number of ether oxygens (including phenoxy) is 1. The van der Waals surface area contributed by atoms with Gasteiger partial charge in [-0.05, 0) is 68.7 Å². The number of aryl methyl sites for hydroxylation is 1. The van der Waals surface area contributed by atoms with Crippen molar-refractivity contribution in [2.24, 2.45) is 0 Å². The number of benzene rings is 1. The van der Waals surface area contributed by atoms with Gasteiger partial charge in [0.15, 0.2) is 0 Å². The summed E-state index contributed by atoms with van der Waals surface area (Å²) in [5.41, 5.74) is 2.15. The van der Waals surface area contributed by atoms with E-state index in [0.29, 0.717) is 29.9 Å². The van der Waals surface area contributed by atoms with Crippen LogP contribution in [0.1, 0.15) is 47.4 Å². The molecule has 0 aliphatic carbocycles. The van der Waals surface area contributed by atoms with Gasteiger partial charge in [0.1, 0.15) is 17.5 Å². The van der Waals surface area contributed by atoms with Gasteiger partial charge >= 0.3 is 5.97 Å². The number of H-pyrrole nitrogens is 1. The van der Waals surface area contributed by atoms with Crippen molar-refractivity contribution < 1.29 is 28.6 Å². The third-order valence-corrected chi connectivity index (χ3v) is 6.91. The number of nitrogens with zero attached hydrogens (tertiary/aromatic N) is 3. The number of aliphatic hydroxyl groups is 1. The Morgan fingerprint density at radius 1 is 1.24 bits per heavy atom. The Morgan fingerprint density at radius 2 is 2.03 bits per heavy atom. The molecule has 198 valence electrons. The minimum atomic E-state index is -1.03. The second-order valence-corrected chi connectivity index (χ2v) is 10.00. The average molecular weight is 521 g/mol. The number of esters is 1. The Hall–Kier alpha value is -4.05. The summed E-state index contributed by atoms with van der Waals surface area (Å²) in [7, 11) is 0. The van der Waals surface area contributed by atoms with Gasteiger partial charge in [0.2, 0.25) is 5.91 Å². The first-order chi connectivity index (χ1) is 18.1. The predicted molar refractivity (Wildman–Crippen MR) is 137 cm³/mol. The van der Waals surface area contributed by atoms with Crippen molar-refractivity contribution in [2.45, 2.75) is 51.9 Å². The van der Waals surface area contributed by atoms with Crippen LogP contribution in [0.15, 0.2) is 42.7 Å². The van der Waals surface area contributed by atoms with Crippen LogP contribution in [0.25, 0.3) is 16.6 Å². The van der Waals surface area contributed by atoms with E-state index in [9.17, 15) is 23.9 Å². The summed E-state index contributed by atoms with van der Waals surface area (Å²) in [5.74, 6) is -2.03. The molecular weight excluding hydrogens is 491 g/mol. The van der Waals surface area contributed by atoms with Crippen molar-refractivity contribution in [3.8, 4) is 0 Å². The van der Waals surface area contributed by atoms with Gasteiger partial charge in [0.05, 0.1) is 23.5 Å². The molecule has 10 heteroatoms. The zero-order chi connectivity index (χ0) is 27.1. The quantitative estimate of drug-likeness (QED) is 0.511. The zero-order valence-corrected chi connectivity index (χ0v) is 21.4. The molecule has 38 heavy (non-hydrogen) atoms. The molecule has 0 spiro atoms. The number of hydrogen-bond donors (Lipinski definition) is 2. The number of nitrogens with one attached hydrogen (secondary N) is 1. The lowest BCUT2D eigenvalue weighted by molar-refractivity contribution is -0.140. The summed E-state index contributed by atoms with van der Waals surface area (Å²) < 4.78 is 19.5. The Kier molecular flexibility index (Phi) is 6.75. The summed E-state index contributed by atoms with van der Waals surface area (Å²) in [6.07, 6.45) is 2.43. The summed E-state index contributed by atoms with van der Waals surface area (Å²) in [5, 5.41) is 10.8. The maximum atomic E-state index is 14.0. The highest BCUT2D eigenvalue weighted by atomic mass is 19.1. The standard InChI is InChI=1S/C28H29FN4O5/c1-15(2)38-28(37)21-14-33(26(35)17-6-7-22(29)16(3)11-17)23(27(36)32-10-8-18(34)13-32)12-20-19-5-4-9-30-25(19)31-24(20)21/h4-7,9,11,14-15,18,23,34H,8,10,12-13H2,1-3H3,(H,30,31). The first-order valence-electron chi connectivity index (χ1n) is 12.6. The average Bonchev–Trinajstić information content (AvgIpc) is 3.43. The molecule has 9 nitrogen and oxygen atoms in total. The van der Waals surface area contributed by atoms with Crippen molar-refractivity contribution >= 4 is 34.4 Å². The molecule has 1 fully saturated rings. The van der Waals surface area contributed by atoms with Crippen molar-refractivity contribution in [2.75, 3.05) is 13.1 Å². The van der Waals surface area contributed by atoms with Crippen LogP contribution in [0.4, 0.5) is 4.39 Å². The fraction of sp³-hybridized carbons (Fsp3) is 0.357. The Morgan fingerprint density at radius 3 is 2.71 bits per heavy atom. The number of halogens is 1. The number of fused-ring (bicyclic) bond motifs is 3. The van der Waals surface area contributed by atoms with Crippen molar-refractivity contribution in [3.05, 3.63) is 70.9 Å². The van der Waals surface area contributed by atoms with Crippen LogP contribution >= 0.6 is 0 Å². The molecule has 2 aliphatic heterocycles. The molecule has 2 amide bonds. The molecule has 0 saturated carbocycles. The smallest absolute Gasteiger partial charge is 0.342 e. The van der Waals surface area contributed by atoms with Gasteiger partial charge in [0.25, 0.3) is 5.91 Å². The van der Waals surface area contributed by atoms with Gasteiger partial charge in [-0.3, -0.25) is 9.59 Å². The molecule has 2 unspecified atom stereocenters. The van der Waals surface area contributed by atoms with E-state index in [1.165, 1.54) is 34.2 Å². The van der Waals surface area contributed by atoms with Gasteiger partial charge in [0, 0.05) is 42.9 Å². The molecule has 5 rings (SSSR count). The second-order valence-electron chi connectivity index (χ2n) is 10.00. The third-order valence-electron chi connectivity index (χ3n) is 6.91. The zero-order valence-electron chi connectivity index (χ0n) is 21.4.